The van der Waals surface area contributed by atoms with Crippen LogP contribution in [0.5, 0.6) is 0 Å². The predicted octanol–water partition coefficient (Wildman–Crippen LogP) is 2.63. The molecule has 0 N–H and O–H groups in total. The van der Waals surface area contributed by atoms with Gasteiger partial charge in [-0.25, -0.2) is 9.67 Å². The van der Waals surface area contributed by atoms with Crippen LogP contribution in [0, 0.1) is 0 Å². The molecule has 0 bridgehead atoms. The zero-order chi connectivity index (χ0) is 14.8. The van der Waals surface area contributed by atoms with Gasteiger partial charge in [-0.2, -0.15) is 0 Å². The molecule has 1 aliphatic carbocycles. The Hall–Kier alpha value is -2.15. The summed E-state index contributed by atoms with van der Waals surface area (Å²) in [5, 5.41) is 12.0. The second kappa shape index (κ2) is 5.92. The number of nitrogens with zero attached hydrogens (tertiary/aromatic N) is 6. The van der Waals surface area contributed by atoms with Crippen LogP contribution < -0.4 is 0 Å². The number of aromatic nitrogens is 6. The van der Waals surface area contributed by atoms with E-state index in [2.05, 4.69) is 44.8 Å². The number of rotatable bonds is 6. The number of thioether (sulfide) groups is 1. The Morgan fingerprint density at radius 1 is 1.14 bits per heavy atom. The average Bonchev–Trinajstić information content (AvgIpc) is 3.06. The molecule has 4 rings (SSSR count). The molecule has 0 amide bonds. The maximum absolute atomic E-state index is 4.13. The van der Waals surface area contributed by atoms with Crippen molar-refractivity contribution < 1.29 is 0 Å². The molecule has 1 aliphatic rings. The van der Waals surface area contributed by atoms with E-state index >= 15 is 0 Å². The Kier molecular flexibility index (Phi) is 3.64. The van der Waals surface area contributed by atoms with Crippen molar-refractivity contribution in [1.82, 2.24) is 29.8 Å². The van der Waals surface area contributed by atoms with Crippen molar-refractivity contribution in [2.24, 2.45) is 0 Å². The van der Waals surface area contributed by atoms with Gasteiger partial charge < -0.3 is 4.57 Å². The minimum Gasteiger partial charge on any atom is -0.306 e. The van der Waals surface area contributed by atoms with Gasteiger partial charge >= 0.3 is 0 Å². The minimum absolute atomic E-state index is 0.542. The fourth-order valence-electron chi connectivity index (χ4n) is 2.35. The molecule has 0 saturated heterocycles. The van der Waals surface area contributed by atoms with Gasteiger partial charge in [-0.1, -0.05) is 12.1 Å². The van der Waals surface area contributed by atoms with Crippen LogP contribution in [0.15, 0.2) is 43.0 Å². The Morgan fingerprint density at radius 2 is 2.00 bits per heavy atom. The number of imidazole rings is 1. The van der Waals surface area contributed by atoms with Crippen molar-refractivity contribution in [1.29, 1.82) is 0 Å². The highest BCUT2D eigenvalue weighted by molar-refractivity contribution is 7.97. The molecule has 1 aromatic carbocycles. The summed E-state index contributed by atoms with van der Waals surface area (Å²) in [7, 11) is 0. The Labute approximate surface area is 132 Å². The van der Waals surface area contributed by atoms with E-state index in [1.807, 2.05) is 33.5 Å². The van der Waals surface area contributed by atoms with Crippen molar-refractivity contribution in [2.45, 2.75) is 30.4 Å². The second-order valence-electron chi connectivity index (χ2n) is 5.40. The number of hydrogen-bond donors (Lipinski definition) is 0. The first-order chi connectivity index (χ1) is 10.9. The fraction of sp³-hybridized carbons (Fsp3) is 0.333. The van der Waals surface area contributed by atoms with Gasteiger partial charge in [0, 0.05) is 23.8 Å². The van der Waals surface area contributed by atoms with Crippen LogP contribution in [0.25, 0.3) is 5.69 Å². The SMILES string of the molecule is c1cn(-c2ccc(CSCc3nnnn3C3CC3)cc2)cn1. The molecular formula is C15H16N6S. The number of tetrazole rings is 1. The summed E-state index contributed by atoms with van der Waals surface area (Å²) in [5.41, 5.74) is 2.43. The molecule has 0 spiro atoms. The van der Waals surface area contributed by atoms with Crippen molar-refractivity contribution in [3.05, 3.63) is 54.4 Å². The zero-order valence-corrected chi connectivity index (χ0v) is 12.9. The second-order valence-corrected chi connectivity index (χ2v) is 6.39. The van der Waals surface area contributed by atoms with Crippen LogP contribution in [-0.2, 0) is 11.5 Å². The van der Waals surface area contributed by atoms with Crippen LogP contribution in [0.2, 0.25) is 0 Å². The van der Waals surface area contributed by atoms with Gasteiger partial charge in [-0.05, 0) is 41.0 Å². The maximum atomic E-state index is 4.13. The molecule has 1 saturated carbocycles. The zero-order valence-electron chi connectivity index (χ0n) is 12.0. The predicted molar refractivity (Wildman–Crippen MR) is 84.7 cm³/mol. The molecule has 0 atom stereocenters. The average molecular weight is 312 g/mol. The van der Waals surface area contributed by atoms with Gasteiger partial charge in [0.25, 0.3) is 0 Å². The van der Waals surface area contributed by atoms with E-state index in [9.17, 15) is 0 Å². The Balaban J connectivity index is 1.34. The smallest absolute Gasteiger partial charge is 0.161 e. The molecule has 0 radical (unpaired) electrons. The molecule has 0 unspecified atom stereocenters. The Bertz CT molecular complexity index is 730. The highest BCUT2D eigenvalue weighted by Crippen LogP contribution is 2.35. The van der Waals surface area contributed by atoms with Gasteiger partial charge in [0.05, 0.1) is 18.1 Å². The summed E-state index contributed by atoms with van der Waals surface area (Å²) in [5.74, 6) is 2.80. The van der Waals surface area contributed by atoms with Gasteiger partial charge in [0.1, 0.15) is 0 Å². The normalized spacial score (nSPS) is 14.4. The maximum Gasteiger partial charge on any atom is 0.161 e. The molecular weight excluding hydrogens is 296 g/mol. The van der Waals surface area contributed by atoms with E-state index in [4.69, 9.17) is 0 Å². The molecule has 112 valence electrons. The monoisotopic (exact) mass is 312 g/mol. The third-order valence-corrected chi connectivity index (χ3v) is 4.69. The molecule has 1 fully saturated rings. The van der Waals surface area contributed by atoms with E-state index < -0.39 is 0 Å². The Morgan fingerprint density at radius 3 is 2.73 bits per heavy atom. The van der Waals surface area contributed by atoms with Gasteiger partial charge in [0.2, 0.25) is 0 Å². The first-order valence-corrected chi connectivity index (χ1v) is 8.47. The van der Waals surface area contributed by atoms with Crippen molar-refractivity contribution >= 4 is 11.8 Å². The molecule has 2 aromatic heterocycles. The summed E-state index contributed by atoms with van der Waals surface area (Å²) in [6, 6.07) is 9.09. The molecule has 3 aromatic rings. The molecule has 0 aliphatic heterocycles. The summed E-state index contributed by atoms with van der Waals surface area (Å²) >= 11 is 1.84. The third-order valence-electron chi connectivity index (χ3n) is 3.69. The number of benzene rings is 1. The summed E-state index contributed by atoms with van der Waals surface area (Å²) in [4.78, 5) is 4.06. The van der Waals surface area contributed by atoms with Crippen LogP contribution in [0.3, 0.4) is 0 Å². The lowest BCUT2D eigenvalue weighted by Crippen LogP contribution is -2.02. The van der Waals surface area contributed by atoms with E-state index in [1.165, 1.54) is 18.4 Å². The standard InChI is InChI=1S/C15H16N6S/c1-3-13(20-8-7-16-11-20)4-2-12(1)9-22-10-15-17-18-19-21(15)14-5-6-14/h1-4,7-8,11,14H,5-6,9-10H2. The van der Waals surface area contributed by atoms with Gasteiger partial charge in [-0.15, -0.1) is 16.9 Å². The third kappa shape index (κ3) is 2.89. The van der Waals surface area contributed by atoms with Crippen molar-refractivity contribution in [3.63, 3.8) is 0 Å². The lowest BCUT2D eigenvalue weighted by molar-refractivity contribution is 0.593. The number of hydrogen-bond acceptors (Lipinski definition) is 5. The van der Waals surface area contributed by atoms with Gasteiger partial charge in [0.15, 0.2) is 5.82 Å². The molecule has 7 heteroatoms. The topological polar surface area (TPSA) is 61.4 Å². The summed E-state index contributed by atoms with van der Waals surface area (Å²) in [6.07, 6.45) is 7.95. The van der Waals surface area contributed by atoms with Crippen LogP contribution in [0.1, 0.15) is 30.3 Å². The lowest BCUT2D eigenvalue weighted by atomic mass is 10.2. The molecule has 2 heterocycles. The first-order valence-electron chi connectivity index (χ1n) is 7.32. The van der Waals surface area contributed by atoms with E-state index in [-0.39, 0.29) is 0 Å². The minimum atomic E-state index is 0.542. The summed E-state index contributed by atoms with van der Waals surface area (Å²) < 4.78 is 3.98. The van der Waals surface area contributed by atoms with E-state index in [1.54, 1.807) is 6.20 Å². The van der Waals surface area contributed by atoms with Gasteiger partial charge in [-0.3, -0.25) is 0 Å². The van der Waals surface area contributed by atoms with E-state index in [0.717, 1.165) is 23.0 Å². The van der Waals surface area contributed by atoms with E-state index in [0.29, 0.717) is 6.04 Å². The van der Waals surface area contributed by atoms with Crippen molar-refractivity contribution in [3.8, 4) is 5.69 Å². The van der Waals surface area contributed by atoms with Crippen LogP contribution in [0.4, 0.5) is 0 Å². The highest BCUT2D eigenvalue weighted by atomic mass is 32.2. The fourth-order valence-corrected chi connectivity index (χ4v) is 3.25. The largest absolute Gasteiger partial charge is 0.306 e. The van der Waals surface area contributed by atoms with Crippen molar-refractivity contribution in [2.75, 3.05) is 0 Å². The molecule has 22 heavy (non-hydrogen) atoms. The van der Waals surface area contributed by atoms with Crippen LogP contribution >= 0.6 is 11.8 Å². The summed E-state index contributed by atoms with van der Waals surface area (Å²) in [6.45, 7) is 0. The molecule has 6 nitrogen and oxygen atoms in total. The lowest BCUT2D eigenvalue weighted by Gasteiger charge is -2.05. The quantitative estimate of drug-likeness (QED) is 0.700. The van der Waals surface area contributed by atoms with Crippen LogP contribution in [-0.4, -0.2) is 29.8 Å². The first kappa shape index (κ1) is 13.5. The highest BCUT2D eigenvalue weighted by Gasteiger charge is 2.27.